The van der Waals surface area contributed by atoms with Crippen LogP contribution in [0.2, 0.25) is 10.0 Å². The van der Waals surface area contributed by atoms with Gasteiger partial charge in [0, 0.05) is 35.4 Å². The number of carbonyl (C=O) groups excluding carboxylic acids is 3. The number of carbonyl (C=O) groups is 3. The maximum absolute atomic E-state index is 12.8. The first-order valence-corrected chi connectivity index (χ1v) is 10.8. The highest BCUT2D eigenvalue weighted by Crippen LogP contribution is 2.35. The van der Waals surface area contributed by atoms with Crippen molar-refractivity contribution in [2.24, 2.45) is 0 Å². The fraction of sp³-hybridized carbons (Fsp3) is 0.0870. The number of urea groups is 2. The predicted molar refractivity (Wildman–Crippen MR) is 129 cm³/mol. The summed E-state index contributed by atoms with van der Waals surface area (Å²) in [7, 11) is 0. The molecule has 3 N–H and O–H groups in total. The SMILES string of the molecule is O=C1Nc2cc(NC(=O)N3CCN(c4ccc(Cl)c(Cl)c4)C3=O)ccc2C1=Cc1ccc[nH]1. The molecule has 0 bridgehead atoms. The molecule has 3 heterocycles. The summed E-state index contributed by atoms with van der Waals surface area (Å²) in [4.78, 5) is 43.6. The van der Waals surface area contributed by atoms with E-state index in [1.54, 1.807) is 48.7 Å². The van der Waals surface area contributed by atoms with Crippen LogP contribution in [0.25, 0.3) is 11.6 Å². The van der Waals surface area contributed by atoms with E-state index in [1.807, 2.05) is 12.1 Å². The maximum Gasteiger partial charge on any atom is 0.332 e. The molecule has 5 amide bonds. The topological polar surface area (TPSA) is 97.5 Å². The molecular weight excluding hydrogens is 465 g/mol. The molecule has 2 aromatic carbocycles. The summed E-state index contributed by atoms with van der Waals surface area (Å²) in [5, 5.41) is 6.25. The van der Waals surface area contributed by atoms with Gasteiger partial charge in [0.1, 0.15) is 0 Å². The first-order valence-electron chi connectivity index (χ1n) is 10.1. The lowest BCUT2D eigenvalue weighted by Gasteiger charge is -2.18. The molecule has 1 fully saturated rings. The second kappa shape index (κ2) is 8.31. The van der Waals surface area contributed by atoms with Crippen molar-refractivity contribution in [1.82, 2.24) is 9.88 Å². The highest BCUT2D eigenvalue weighted by atomic mass is 35.5. The predicted octanol–water partition coefficient (Wildman–Crippen LogP) is 5.29. The number of nitrogens with one attached hydrogen (secondary N) is 3. The molecule has 33 heavy (non-hydrogen) atoms. The van der Waals surface area contributed by atoms with Crippen LogP contribution in [0.3, 0.4) is 0 Å². The minimum atomic E-state index is -0.561. The Morgan fingerprint density at radius 3 is 2.64 bits per heavy atom. The fourth-order valence-corrected chi connectivity index (χ4v) is 4.11. The molecule has 1 saturated heterocycles. The zero-order valence-electron chi connectivity index (χ0n) is 17.1. The van der Waals surface area contributed by atoms with E-state index in [-0.39, 0.29) is 12.5 Å². The number of hydrogen-bond donors (Lipinski definition) is 3. The summed E-state index contributed by atoms with van der Waals surface area (Å²) in [5.74, 6) is -0.227. The molecule has 1 aromatic heterocycles. The molecule has 0 spiro atoms. The van der Waals surface area contributed by atoms with Gasteiger partial charge < -0.3 is 15.6 Å². The average molecular weight is 482 g/mol. The Morgan fingerprint density at radius 2 is 1.88 bits per heavy atom. The third-order valence-corrected chi connectivity index (χ3v) is 6.18. The number of imide groups is 1. The third kappa shape index (κ3) is 3.94. The molecule has 5 rings (SSSR count). The Labute approximate surface area is 198 Å². The average Bonchev–Trinajstić information content (AvgIpc) is 3.50. The van der Waals surface area contributed by atoms with Crippen molar-refractivity contribution in [3.8, 4) is 0 Å². The molecule has 8 nitrogen and oxygen atoms in total. The fourth-order valence-electron chi connectivity index (χ4n) is 3.81. The second-order valence-corrected chi connectivity index (χ2v) is 8.33. The van der Waals surface area contributed by atoms with Gasteiger partial charge in [-0.25, -0.2) is 14.5 Å². The number of aromatic amines is 1. The van der Waals surface area contributed by atoms with Crippen LogP contribution in [0.5, 0.6) is 0 Å². The molecule has 10 heteroatoms. The smallest absolute Gasteiger partial charge is 0.332 e. The van der Waals surface area contributed by atoms with Crippen LogP contribution in [-0.2, 0) is 4.79 Å². The van der Waals surface area contributed by atoms with Crippen LogP contribution in [0.4, 0.5) is 26.7 Å². The van der Waals surface area contributed by atoms with Crippen molar-refractivity contribution in [2.45, 2.75) is 0 Å². The van der Waals surface area contributed by atoms with E-state index in [0.717, 1.165) is 16.2 Å². The number of rotatable bonds is 3. The molecule has 166 valence electrons. The van der Waals surface area contributed by atoms with E-state index in [1.165, 1.54) is 4.90 Å². The Bertz CT molecular complexity index is 1320. The van der Waals surface area contributed by atoms with Gasteiger partial charge in [0.05, 0.1) is 27.9 Å². The maximum atomic E-state index is 12.8. The van der Waals surface area contributed by atoms with Crippen molar-refractivity contribution in [3.05, 3.63) is 76.0 Å². The number of nitrogens with zero attached hydrogens (tertiary/aromatic N) is 2. The molecule has 0 atom stereocenters. The summed E-state index contributed by atoms with van der Waals surface area (Å²) in [6, 6.07) is 12.7. The van der Waals surface area contributed by atoms with Crippen molar-refractivity contribution in [2.75, 3.05) is 28.6 Å². The van der Waals surface area contributed by atoms with Gasteiger partial charge in [-0.05, 0) is 48.5 Å². The molecule has 0 radical (unpaired) electrons. The summed E-state index contributed by atoms with van der Waals surface area (Å²) in [6.45, 7) is 0.549. The van der Waals surface area contributed by atoms with Gasteiger partial charge in [-0.2, -0.15) is 0 Å². The first-order chi connectivity index (χ1) is 15.9. The van der Waals surface area contributed by atoms with E-state index in [4.69, 9.17) is 23.2 Å². The number of aromatic nitrogens is 1. The van der Waals surface area contributed by atoms with E-state index in [2.05, 4.69) is 15.6 Å². The Morgan fingerprint density at radius 1 is 1.03 bits per heavy atom. The Balaban J connectivity index is 1.31. The van der Waals surface area contributed by atoms with Crippen molar-refractivity contribution >= 4 is 69.9 Å². The van der Waals surface area contributed by atoms with Gasteiger partial charge in [-0.15, -0.1) is 0 Å². The molecule has 0 unspecified atom stereocenters. The van der Waals surface area contributed by atoms with E-state index in [9.17, 15) is 14.4 Å². The van der Waals surface area contributed by atoms with Crippen LogP contribution >= 0.6 is 23.2 Å². The van der Waals surface area contributed by atoms with E-state index < -0.39 is 12.1 Å². The monoisotopic (exact) mass is 481 g/mol. The number of fused-ring (bicyclic) bond motifs is 1. The number of H-pyrrole nitrogens is 1. The van der Waals surface area contributed by atoms with Gasteiger partial charge in [-0.1, -0.05) is 29.3 Å². The van der Waals surface area contributed by atoms with Crippen LogP contribution < -0.4 is 15.5 Å². The number of hydrogen-bond acceptors (Lipinski definition) is 3. The highest BCUT2D eigenvalue weighted by molar-refractivity contribution is 6.42. The number of amides is 5. The molecule has 0 saturated carbocycles. The lowest BCUT2D eigenvalue weighted by atomic mass is 10.1. The zero-order valence-corrected chi connectivity index (χ0v) is 18.6. The summed E-state index contributed by atoms with van der Waals surface area (Å²) >= 11 is 12.0. The van der Waals surface area contributed by atoms with Gasteiger partial charge in [0.15, 0.2) is 0 Å². The van der Waals surface area contributed by atoms with Gasteiger partial charge >= 0.3 is 12.1 Å². The summed E-state index contributed by atoms with van der Waals surface area (Å²) in [5.41, 5.74) is 3.67. The van der Waals surface area contributed by atoms with Crippen molar-refractivity contribution in [3.63, 3.8) is 0 Å². The van der Waals surface area contributed by atoms with Crippen molar-refractivity contribution < 1.29 is 14.4 Å². The van der Waals surface area contributed by atoms with Gasteiger partial charge in [0.2, 0.25) is 0 Å². The Hall–Kier alpha value is -3.75. The number of benzene rings is 2. The zero-order chi connectivity index (χ0) is 23.1. The van der Waals surface area contributed by atoms with Crippen LogP contribution in [-0.4, -0.2) is 40.9 Å². The molecular formula is C23H17Cl2N5O3. The van der Waals surface area contributed by atoms with Gasteiger partial charge in [-0.3, -0.25) is 9.69 Å². The summed E-state index contributed by atoms with van der Waals surface area (Å²) < 4.78 is 0. The second-order valence-electron chi connectivity index (χ2n) is 7.51. The molecule has 2 aliphatic rings. The number of halogens is 2. The van der Waals surface area contributed by atoms with Crippen LogP contribution in [0.1, 0.15) is 11.3 Å². The first kappa shape index (κ1) is 21.1. The standard InChI is InChI=1S/C23H17Cl2N5O3/c24-18-6-4-15(12-19(18)25)29-8-9-30(23(29)33)22(32)27-14-3-5-16-17(10-13-2-1-7-26-13)21(31)28-20(16)11-14/h1-7,10-12,26H,8-9H2,(H,27,32)(H,28,31). The van der Waals surface area contributed by atoms with Gasteiger partial charge in [0.25, 0.3) is 5.91 Å². The minimum absolute atomic E-state index is 0.218. The van der Waals surface area contributed by atoms with E-state index in [0.29, 0.717) is 39.2 Å². The lowest BCUT2D eigenvalue weighted by Crippen LogP contribution is -2.39. The highest BCUT2D eigenvalue weighted by Gasteiger charge is 2.34. The molecule has 3 aromatic rings. The van der Waals surface area contributed by atoms with E-state index >= 15 is 0 Å². The van der Waals surface area contributed by atoms with Crippen molar-refractivity contribution in [1.29, 1.82) is 0 Å². The Kier molecular flexibility index (Phi) is 5.32. The normalized spacial score (nSPS) is 16.4. The minimum Gasteiger partial charge on any atom is -0.362 e. The molecule has 0 aliphatic carbocycles. The van der Waals surface area contributed by atoms with Crippen LogP contribution in [0, 0.1) is 0 Å². The quantitative estimate of drug-likeness (QED) is 0.443. The number of anilines is 3. The van der Waals surface area contributed by atoms with Crippen LogP contribution in [0.15, 0.2) is 54.7 Å². The lowest BCUT2D eigenvalue weighted by molar-refractivity contribution is -0.110. The largest absolute Gasteiger partial charge is 0.362 e. The molecule has 2 aliphatic heterocycles. The summed E-state index contributed by atoms with van der Waals surface area (Å²) in [6.07, 6.45) is 3.54. The third-order valence-electron chi connectivity index (χ3n) is 5.44.